The summed E-state index contributed by atoms with van der Waals surface area (Å²) < 4.78 is 1.60. The molecule has 0 radical (unpaired) electrons. The molecular formula is C13H18N4O3. The summed E-state index contributed by atoms with van der Waals surface area (Å²) in [7, 11) is 0. The van der Waals surface area contributed by atoms with E-state index >= 15 is 0 Å². The molecule has 0 spiro atoms. The van der Waals surface area contributed by atoms with Gasteiger partial charge < -0.3 is 10.4 Å². The molecule has 2 aliphatic carbocycles. The molecule has 7 heteroatoms. The largest absolute Gasteiger partial charge is 0.476 e. The zero-order valence-electron chi connectivity index (χ0n) is 11.2. The second-order valence-corrected chi connectivity index (χ2v) is 5.63. The van der Waals surface area contributed by atoms with Crippen molar-refractivity contribution >= 4 is 11.9 Å². The van der Waals surface area contributed by atoms with E-state index in [-0.39, 0.29) is 29.6 Å². The third-order valence-electron chi connectivity index (χ3n) is 4.07. The number of nitrogens with zero attached hydrogens (tertiary/aromatic N) is 3. The first-order valence-electron chi connectivity index (χ1n) is 7.10. The fourth-order valence-electron chi connectivity index (χ4n) is 2.78. The van der Waals surface area contributed by atoms with E-state index in [1.807, 2.05) is 0 Å². The number of hydrogen-bond donors (Lipinski definition) is 2. The Morgan fingerprint density at radius 1 is 1.25 bits per heavy atom. The standard InChI is InChI=1S/C13H18N4O3/c18-12(8-5-6-8)14-9-3-1-2-4-11(9)17-7-10(13(19)20)15-16-17/h7-9,11H,1-6H2,(H,14,18)(H,19,20)/t9-,11+/m0/s1. The van der Waals surface area contributed by atoms with Crippen molar-refractivity contribution in [2.45, 2.75) is 50.6 Å². The molecule has 2 saturated carbocycles. The molecule has 0 saturated heterocycles. The summed E-state index contributed by atoms with van der Waals surface area (Å²) in [5.41, 5.74) is -0.0529. The van der Waals surface area contributed by atoms with Crippen LogP contribution in [0.1, 0.15) is 55.1 Å². The van der Waals surface area contributed by atoms with Crippen LogP contribution in [0.25, 0.3) is 0 Å². The first-order chi connectivity index (χ1) is 9.65. The van der Waals surface area contributed by atoms with Gasteiger partial charge in [0.25, 0.3) is 0 Å². The second kappa shape index (κ2) is 5.22. The lowest BCUT2D eigenvalue weighted by Crippen LogP contribution is -2.43. The van der Waals surface area contributed by atoms with Crippen molar-refractivity contribution in [2.24, 2.45) is 5.92 Å². The predicted octanol–water partition coefficient (Wildman–Crippen LogP) is 0.986. The average Bonchev–Trinajstić information content (AvgIpc) is 3.17. The summed E-state index contributed by atoms with van der Waals surface area (Å²) in [6, 6.07) is 0.0345. The van der Waals surface area contributed by atoms with Crippen LogP contribution in [0.4, 0.5) is 0 Å². The molecule has 2 fully saturated rings. The zero-order chi connectivity index (χ0) is 14.1. The minimum Gasteiger partial charge on any atom is -0.476 e. The monoisotopic (exact) mass is 278 g/mol. The molecule has 0 unspecified atom stereocenters. The number of hydrogen-bond acceptors (Lipinski definition) is 4. The second-order valence-electron chi connectivity index (χ2n) is 5.63. The minimum absolute atomic E-state index is 0.00653. The molecule has 7 nitrogen and oxygen atoms in total. The van der Waals surface area contributed by atoms with Crippen molar-refractivity contribution in [2.75, 3.05) is 0 Å². The SMILES string of the molecule is O=C(O)c1cn([C@@H]2CCCC[C@@H]2NC(=O)C2CC2)nn1. The summed E-state index contributed by atoms with van der Waals surface area (Å²) in [4.78, 5) is 22.8. The summed E-state index contributed by atoms with van der Waals surface area (Å²) in [5, 5.41) is 19.6. The molecule has 108 valence electrons. The number of carbonyl (C=O) groups is 2. The number of aromatic carboxylic acids is 1. The summed E-state index contributed by atoms with van der Waals surface area (Å²) >= 11 is 0. The van der Waals surface area contributed by atoms with Gasteiger partial charge in [-0.2, -0.15) is 0 Å². The molecule has 2 atom stereocenters. The highest BCUT2D eigenvalue weighted by molar-refractivity contribution is 5.84. The van der Waals surface area contributed by atoms with E-state index in [0.29, 0.717) is 0 Å². The maximum absolute atomic E-state index is 11.9. The molecule has 20 heavy (non-hydrogen) atoms. The summed E-state index contributed by atoms with van der Waals surface area (Å²) in [6.45, 7) is 0. The first kappa shape index (κ1) is 13.1. The molecule has 1 heterocycles. The maximum Gasteiger partial charge on any atom is 0.358 e. The van der Waals surface area contributed by atoms with Gasteiger partial charge in [-0.25, -0.2) is 9.48 Å². The van der Waals surface area contributed by atoms with Crippen molar-refractivity contribution in [1.82, 2.24) is 20.3 Å². The Balaban J connectivity index is 1.73. The van der Waals surface area contributed by atoms with Crippen molar-refractivity contribution in [3.63, 3.8) is 0 Å². The Kier molecular flexibility index (Phi) is 3.42. The molecule has 1 aromatic heterocycles. The minimum atomic E-state index is -1.08. The summed E-state index contributed by atoms with van der Waals surface area (Å²) in [6.07, 6.45) is 7.35. The van der Waals surface area contributed by atoms with Gasteiger partial charge in [-0.1, -0.05) is 18.1 Å². The van der Waals surface area contributed by atoms with Crippen LogP contribution in [0, 0.1) is 5.92 Å². The highest BCUT2D eigenvalue weighted by Gasteiger charge is 2.35. The van der Waals surface area contributed by atoms with Crippen LogP contribution in [-0.2, 0) is 4.79 Å². The Morgan fingerprint density at radius 3 is 2.65 bits per heavy atom. The highest BCUT2D eigenvalue weighted by Crippen LogP contribution is 2.32. The average molecular weight is 278 g/mol. The molecule has 1 aromatic rings. The molecule has 2 N–H and O–H groups in total. The lowest BCUT2D eigenvalue weighted by molar-refractivity contribution is -0.123. The van der Waals surface area contributed by atoms with E-state index in [9.17, 15) is 9.59 Å². The quantitative estimate of drug-likeness (QED) is 0.856. The van der Waals surface area contributed by atoms with Crippen LogP contribution in [0.2, 0.25) is 0 Å². The molecule has 2 aliphatic rings. The number of carbonyl (C=O) groups excluding carboxylic acids is 1. The normalized spacial score (nSPS) is 26.2. The lowest BCUT2D eigenvalue weighted by atomic mass is 9.90. The van der Waals surface area contributed by atoms with E-state index in [1.54, 1.807) is 4.68 Å². The van der Waals surface area contributed by atoms with Gasteiger partial charge in [-0.15, -0.1) is 5.10 Å². The third kappa shape index (κ3) is 2.66. The molecule has 1 amide bonds. The Hall–Kier alpha value is -1.92. The van der Waals surface area contributed by atoms with Crippen molar-refractivity contribution in [3.05, 3.63) is 11.9 Å². The summed E-state index contributed by atoms with van der Waals surface area (Å²) in [5.74, 6) is -0.769. The van der Waals surface area contributed by atoms with Crippen LogP contribution < -0.4 is 5.32 Å². The number of nitrogens with one attached hydrogen (secondary N) is 1. The lowest BCUT2D eigenvalue weighted by Gasteiger charge is -2.32. The van der Waals surface area contributed by atoms with Crippen LogP contribution in [-0.4, -0.2) is 38.0 Å². The number of aromatic nitrogens is 3. The van der Waals surface area contributed by atoms with Gasteiger partial charge in [0.05, 0.1) is 18.3 Å². The topological polar surface area (TPSA) is 97.1 Å². The van der Waals surface area contributed by atoms with E-state index in [0.717, 1.165) is 38.5 Å². The zero-order valence-corrected chi connectivity index (χ0v) is 11.2. The van der Waals surface area contributed by atoms with Gasteiger partial charge in [-0.05, 0) is 25.7 Å². The predicted molar refractivity (Wildman–Crippen MR) is 69.1 cm³/mol. The van der Waals surface area contributed by atoms with Crippen molar-refractivity contribution in [1.29, 1.82) is 0 Å². The third-order valence-corrected chi connectivity index (χ3v) is 4.07. The van der Waals surface area contributed by atoms with Crippen LogP contribution in [0.5, 0.6) is 0 Å². The van der Waals surface area contributed by atoms with Gasteiger partial charge in [-0.3, -0.25) is 4.79 Å². The fourth-order valence-corrected chi connectivity index (χ4v) is 2.78. The van der Waals surface area contributed by atoms with Crippen molar-refractivity contribution in [3.8, 4) is 0 Å². The van der Waals surface area contributed by atoms with Crippen LogP contribution >= 0.6 is 0 Å². The number of carboxylic acid groups (broad SMARTS) is 1. The van der Waals surface area contributed by atoms with Crippen molar-refractivity contribution < 1.29 is 14.7 Å². The molecular weight excluding hydrogens is 260 g/mol. The van der Waals surface area contributed by atoms with Gasteiger partial charge in [0, 0.05) is 5.92 Å². The Labute approximate surface area is 116 Å². The van der Waals surface area contributed by atoms with Crippen LogP contribution in [0.15, 0.2) is 6.20 Å². The highest BCUT2D eigenvalue weighted by atomic mass is 16.4. The molecule has 0 aromatic carbocycles. The smallest absolute Gasteiger partial charge is 0.358 e. The molecule has 3 rings (SSSR count). The number of amides is 1. The van der Waals surface area contributed by atoms with Crippen LogP contribution in [0.3, 0.4) is 0 Å². The van der Waals surface area contributed by atoms with E-state index in [1.165, 1.54) is 6.20 Å². The van der Waals surface area contributed by atoms with Gasteiger partial charge in [0.1, 0.15) is 0 Å². The first-order valence-corrected chi connectivity index (χ1v) is 7.10. The van der Waals surface area contributed by atoms with E-state index in [2.05, 4.69) is 15.6 Å². The molecule has 0 bridgehead atoms. The van der Waals surface area contributed by atoms with Gasteiger partial charge >= 0.3 is 5.97 Å². The maximum atomic E-state index is 11.9. The Morgan fingerprint density at radius 2 is 2.00 bits per heavy atom. The number of carboxylic acids is 1. The van der Waals surface area contributed by atoms with Gasteiger partial charge in [0.15, 0.2) is 5.69 Å². The molecule has 0 aliphatic heterocycles. The fraction of sp³-hybridized carbons (Fsp3) is 0.692. The van der Waals surface area contributed by atoms with Gasteiger partial charge in [0.2, 0.25) is 5.91 Å². The van der Waals surface area contributed by atoms with E-state index < -0.39 is 5.97 Å². The number of rotatable bonds is 4. The van der Waals surface area contributed by atoms with E-state index in [4.69, 9.17) is 5.11 Å². The Bertz CT molecular complexity index is 523.